The summed E-state index contributed by atoms with van der Waals surface area (Å²) < 4.78 is 41.6. The number of aliphatic hydroxyl groups is 1. The van der Waals surface area contributed by atoms with Crippen LogP contribution >= 0.6 is 0 Å². The number of aliphatic hydroxyl groups excluding tert-OH is 1. The number of hydrogen-bond donors (Lipinski definition) is 2. The Morgan fingerprint density at radius 3 is 2.24 bits per heavy atom. The van der Waals surface area contributed by atoms with E-state index in [-0.39, 0.29) is 30.3 Å². The van der Waals surface area contributed by atoms with E-state index in [1.807, 2.05) is 36.4 Å². The molecule has 258 valence electrons. The lowest BCUT2D eigenvalue weighted by atomic mass is 9.98. The molecule has 0 amide bonds. The standard InChI is InChI=1S/C40H47N3O5S/c44-29-30-13-15-33(16-14-30)39-25-37(28-43-23-7-10-36(43)27-42-21-4-5-22-42)47-40(48-39)34-19-17-32(18-20-34)35-9-6-8-31(24-35)26-41-49(45,46)38-11-2-1-3-12-38/h1-3,6,8-9,11-20,24,36-37,39-41,44H,4-5,7,10,21-23,25-29H2/t36-,37-,39+,40+/m0/s1. The van der Waals surface area contributed by atoms with Gasteiger partial charge in [-0.05, 0) is 91.3 Å². The van der Waals surface area contributed by atoms with Crippen molar-refractivity contribution in [1.82, 2.24) is 14.5 Å². The average Bonchev–Trinajstić information content (AvgIpc) is 3.83. The molecule has 8 nitrogen and oxygen atoms in total. The van der Waals surface area contributed by atoms with Gasteiger partial charge in [0.25, 0.3) is 0 Å². The average molecular weight is 682 g/mol. The minimum atomic E-state index is -3.60. The maximum absolute atomic E-state index is 12.7. The van der Waals surface area contributed by atoms with Gasteiger partial charge in [-0.25, -0.2) is 13.1 Å². The van der Waals surface area contributed by atoms with Crippen LogP contribution in [0.3, 0.4) is 0 Å². The monoisotopic (exact) mass is 681 g/mol. The Kier molecular flexibility index (Phi) is 10.9. The number of benzene rings is 4. The molecule has 2 N–H and O–H groups in total. The van der Waals surface area contributed by atoms with Crippen molar-refractivity contribution in [1.29, 1.82) is 0 Å². The summed E-state index contributed by atoms with van der Waals surface area (Å²) in [5.74, 6) is 0. The highest BCUT2D eigenvalue weighted by molar-refractivity contribution is 7.89. The summed E-state index contributed by atoms with van der Waals surface area (Å²) in [6.45, 7) is 5.82. The molecule has 7 rings (SSSR count). The normalized spacial score (nSPS) is 23.6. The molecule has 9 heteroatoms. The van der Waals surface area contributed by atoms with Gasteiger partial charge in [0.05, 0.1) is 23.7 Å². The minimum absolute atomic E-state index is 0.0199. The third-order valence-electron chi connectivity index (χ3n) is 10.2. The molecule has 49 heavy (non-hydrogen) atoms. The number of likely N-dealkylation sites (tertiary alicyclic amines) is 2. The molecule has 0 spiro atoms. The lowest BCUT2D eigenvalue weighted by Crippen LogP contribution is -2.45. The molecule has 3 heterocycles. The molecule has 0 aliphatic carbocycles. The van der Waals surface area contributed by atoms with Crippen LogP contribution in [0.4, 0.5) is 0 Å². The molecule has 3 fully saturated rings. The predicted octanol–water partition coefficient (Wildman–Crippen LogP) is 6.43. The summed E-state index contributed by atoms with van der Waals surface area (Å²) >= 11 is 0. The number of sulfonamides is 1. The summed E-state index contributed by atoms with van der Waals surface area (Å²) in [5.41, 5.74) is 5.86. The first-order valence-electron chi connectivity index (χ1n) is 17.6. The van der Waals surface area contributed by atoms with E-state index < -0.39 is 16.3 Å². The van der Waals surface area contributed by atoms with Gasteiger partial charge in [-0.3, -0.25) is 4.90 Å². The summed E-state index contributed by atoms with van der Waals surface area (Å²) in [6, 6.07) is 33.3. The number of rotatable bonds is 12. The quantitative estimate of drug-likeness (QED) is 0.178. The first-order chi connectivity index (χ1) is 23.9. The summed E-state index contributed by atoms with van der Waals surface area (Å²) in [7, 11) is -3.60. The zero-order chi connectivity index (χ0) is 33.6. The van der Waals surface area contributed by atoms with Gasteiger partial charge in [0, 0.05) is 37.7 Å². The summed E-state index contributed by atoms with van der Waals surface area (Å²) in [4.78, 5) is 5.53. The van der Waals surface area contributed by atoms with Crippen molar-refractivity contribution >= 4 is 10.0 Å². The van der Waals surface area contributed by atoms with Crippen LogP contribution in [0.1, 0.15) is 66.8 Å². The van der Waals surface area contributed by atoms with E-state index in [0.717, 1.165) is 59.4 Å². The molecular formula is C40H47N3O5S. The third-order valence-corrected chi connectivity index (χ3v) is 11.6. The van der Waals surface area contributed by atoms with Crippen LogP contribution in [0.15, 0.2) is 108 Å². The van der Waals surface area contributed by atoms with Crippen molar-refractivity contribution in [3.8, 4) is 11.1 Å². The van der Waals surface area contributed by atoms with Crippen LogP contribution in [0.2, 0.25) is 0 Å². The van der Waals surface area contributed by atoms with Crippen molar-refractivity contribution in [2.75, 3.05) is 32.7 Å². The molecule has 0 radical (unpaired) electrons. The zero-order valence-corrected chi connectivity index (χ0v) is 28.8. The van der Waals surface area contributed by atoms with Crippen LogP contribution in [0, 0.1) is 0 Å². The van der Waals surface area contributed by atoms with E-state index >= 15 is 0 Å². The molecule has 0 bridgehead atoms. The van der Waals surface area contributed by atoms with E-state index in [4.69, 9.17) is 9.47 Å². The van der Waals surface area contributed by atoms with Crippen LogP contribution in [0.25, 0.3) is 11.1 Å². The molecule has 0 saturated carbocycles. The van der Waals surface area contributed by atoms with Crippen molar-refractivity contribution < 1.29 is 23.0 Å². The zero-order valence-electron chi connectivity index (χ0n) is 28.0. The number of hydrogen-bond acceptors (Lipinski definition) is 7. The fraction of sp³-hybridized carbons (Fsp3) is 0.400. The fourth-order valence-electron chi connectivity index (χ4n) is 7.45. The Bertz CT molecular complexity index is 1760. The van der Waals surface area contributed by atoms with Crippen LogP contribution in [-0.2, 0) is 32.6 Å². The van der Waals surface area contributed by atoms with Gasteiger partial charge < -0.3 is 19.5 Å². The fourth-order valence-corrected chi connectivity index (χ4v) is 8.49. The maximum Gasteiger partial charge on any atom is 0.240 e. The van der Waals surface area contributed by atoms with Crippen molar-refractivity contribution in [2.24, 2.45) is 0 Å². The Morgan fingerprint density at radius 2 is 1.49 bits per heavy atom. The molecule has 3 aliphatic rings. The highest BCUT2D eigenvalue weighted by Crippen LogP contribution is 2.39. The van der Waals surface area contributed by atoms with Gasteiger partial charge in [-0.2, -0.15) is 0 Å². The maximum atomic E-state index is 12.7. The molecule has 4 aromatic carbocycles. The third kappa shape index (κ3) is 8.49. The molecule has 4 aromatic rings. The van der Waals surface area contributed by atoms with Crippen LogP contribution < -0.4 is 4.72 Å². The largest absolute Gasteiger partial charge is 0.392 e. The van der Waals surface area contributed by atoms with Gasteiger partial charge in [-0.1, -0.05) is 84.9 Å². The van der Waals surface area contributed by atoms with Gasteiger partial charge in [0.1, 0.15) is 0 Å². The minimum Gasteiger partial charge on any atom is -0.392 e. The van der Waals surface area contributed by atoms with Gasteiger partial charge in [-0.15, -0.1) is 0 Å². The van der Waals surface area contributed by atoms with Crippen LogP contribution in [-0.4, -0.2) is 68.2 Å². The highest BCUT2D eigenvalue weighted by Gasteiger charge is 2.36. The Balaban J connectivity index is 1.05. The molecular weight excluding hydrogens is 635 g/mol. The first kappa shape index (κ1) is 34.1. The summed E-state index contributed by atoms with van der Waals surface area (Å²) in [5, 5.41) is 9.59. The van der Waals surface area contributed by atoms with Crippen molar-refractivity contribution in [2.45, 2.75) is 74.7 Å². The van der Waals surface area contributed by atoms with Crippen molar-refractivity contribution in [3.05, 3.63) is 125 Å². The van der Waals surface area contributed by atoms with E-state index in [1.54, 1.807) is 30.3 Å². The van der Waals surface area contributed by atoms with E-state index in [9.17, 15) is 13.5 Å². The van der Waals surface area contributed by atoms with E-state index in [2.05, 4.69) is 50.9 Å². The van der Waals surface area contributed by atoms with E-state index in [0.29, 0.717) is 6.04 Å². The second-order valence-corrected chi connectivity index (χ2v) is 15.4. The molecule has 0 aromatic heterocycles. The van der Waals surface area contributed by atoms with E-state index in [1.165, 1.54) is 38.8 Å². The topological polar surface area (TPSA) is 91.3 Å². The lowest BCUT2D eigenvalue weighted by Gasteiger charge is -2.39. The first-order valence-corrected chi connectivity index (χ1v) is 19.1. The SMILES string of the molecule is O=S(=O)(NCc1cccc(-c2ccc([C@@H]3O[C@H](CN4CCC[C@H]4CN4CCCC4)C[C@H](c4ccc(CO)cc4)O3)cc2)c1)c1ccccc1. The molecule has 4 atom stereocenters. The molecule has 3 saturated heterocycles. The van der Waals surface area contributed by atoms with Gasteiger partial charge >= 0.3 is 0 Å². The highest BCUT2D eigenvalue weighted by atomic mass is 32.2. The molecule has 0 unspecified atom stereocenters. The van der Waals surface area contributed by atoms with Crippen molar-refractivity contribution in [3.63, 3.8) is 0 Å². The van der Waals surface area contributed by atoms with Crippen LogP contribution in [0.5, 0.6) is 0 Å². The Labute approximate surface area is 290 Å². The summed E-state index contributed by atoms with van der Waals surface area (Å²) in [6.07, 6.45) is 5.29. The Morgan fingerprint density at radius 1 is 0.735 bits per heavy atom. The number of nitrogens with one attached hydrogen (secondary N) is 1. The van der Waals surface area contributed by atoms with Gasteiger partial charge in [0.2, 0.25) is 10.0 Å². The lowest BCUT2D eigenvalue weighted by molar-refractivity contribution is -0.253. The van der Waals surface area contributed by atoms with Gasteiger partial charge in [0.15, 0.2) is 6.29 Å². The second-order valence-electron chi connectivity index (χ2n) is 13.6. The Hall–Kier alpha value is -3.41. The predicted molar refractivity (Wildman–Crippen MR) is 191 cm³/mol. The number of ether oxygens (including phenoxy) is 2. The number of nitrogens with zero attached hydrogens (tertiary/aromatic N) is 2. The second kappa shape index (κ2) is 15.6. The smallest absolute Gasteiger partial charge is 0.240 e. The molecule has 3 aliphatic heterocycles.